The molecule has 1 saturated carbocycles. The molecule has 2 aromatic heterocycles. The van der Waals surface area contributed by atoms with Crippen molar-refractivity contribution >= 4 is 5.91 Å². The predicted molar refractivity (Wildman–Crippen MR) is 73.2 cm³/mol. The maximum Gasteiger partial charge on any atom is 0.271 e. The van der Waals surface area contributed by atoms with Gasteiger partial charge in [-0.3, -0.25) is 9.59 Å². The molecule has 104 valence electrons. The number of nitrogens with zero attached hydrogens (tertiary/aromatic N) is 3. The zero-order chi connectivity index (χ0) is 14.1. The Hall–Kier alpha value is -2.37. The molecular weight excluding hydrogens is 256 g/mol. The molecule has 1 aliphatic rings. The number of aromatic nitrogens is 3. The molecule has 0 radical (unpaired) electrons. The lowest BCUT2D eigenvalue weighted by atomic mass is 10.3. The van der Waals surface area contributed by atoms with Crippen LogP contribution in [0, 0.1) is 0 Å². The van der Waals surface area contributed by atoms with Crippen LogP contribution in [0.2, 0.25) is 0 Å². The summed E-state index contributed by atoms with van der Waals surface area (Å²) in [6, 6.07) is 4.88. The first-order valence-corrected chi connectivity index (χ1v) is 6.61. The molecule has 0 aliphatic heterocycles. The SMILES string of the molecule is Cn1ccnc1CN(C(=O)c1cccc(=O)[nH]1)C1CC1. The molecule has 0 bridgehead atoms. The van der Waals surface area contributed by atoms with Crippen LogP contribution in [0.4, 0.5) is 0 Å². The van der Waals surface area contributed by atoms with Crippen LogP contribution < -0.4 is 5.56 Å². The van der Waals surface area contributed by atoms with Crippen molar-refractivity contribution in [3.8, 4) is 0 Å². The van der Waals surface area contributed by atoms with E-state index in [1.54, 1.807) is 23.2 Å². The Bertz CT molecular complexity index is 684. The Morgan fingerprint density at radius 1 is 1.50 bits per heavy atom. The average Bonchev–Trinajstić information content (AvgIpc) is 3.19. The molecule has 20 heavy (non-hydrogen) atoms. The zero-order valence-electron chi connectivity index (χ0n) is 11.2. The van der Waals surface area contributed by atoms with Gasteiger partial charge >= 0.3 is 0 Å². The number of hydrogen-bond donors (Lipinski definition) is 1. The minimum atomic E-state index is -0.261. The summed E-state index contributed by atoms with van der Waals surface area (Å²) >= 11 is 0. The topological polar surface area (TPSA) is 71.0 Å². The molecule has 1 N–H and O–H groups in total. The molecule has 0 spiro atoms. The number of hydrogen-bond acceptors (Lipinski definition) is 3. The van der Waals surface area contributed by atoms with E-state index in [4.69, 9.17) is 0 Å². The molecule has 0 unspecified atom stereocenters. The first-order valence-electron chi connectivity index (χ1n) is 6.61. The molecule has 2 aromatic rings. The lowest BCUT2D eigenvalue weighted by Crippen LogP contribution is -2.34. The van der Waals surface area contributed by atoms with Crippen LogP contribution in [0.3, 0.4) is 0 Å². The second kappa shape index (κ2) is 4.96. The van der Waals surface area contributed by atoms with Crippen molar-refractivity contribution in [2.24, 2.45) is 7.05 Å². The first kappa shape index (κ1) is 12.7. The number of rotatable bonds is 4. The highest BCUT2D eigenvalue weighted by atomic mass is 16.2. The number of nitrogens with one attached hydrogen (secondary N) is 1. The van der Waals surface area contributed by atoms with Crippen molar-refractivity contribution in [3.05, 3.63) is 52.5 Å². The standard InChI is InChI=1S/C14H16N4O2/c1-17-8-7-15-12(17)9-18(10-5-6-10)14(20)11-3-2-4-13(19)16-11/h2-4,7-8,10H,5-6,9H2,1H3,(H,16,19). The summed E-state index contributed by atoms with van der Waals surface area (Å²) in [7, 11) is 1.91. The number of amides is 1. The third-order valence-corrected chi connectivity index (χ3v) is 3.48. The van der Waals surface area contributed by atoms with Crippen molar-refractivity contribution < 1.29 is 4.79 Å². The van der Waals surface area contributed by atoms with Gasteiger partial charge in [-0.05, 0) is 18.9 Å². The smallest absolute Gasteiger partial charge is 0.271 e. The number of aromatic amines is 1. The van der Waals surface area contributed by atoms with Gasteiger partial charge in [0.2, 0.25) is 5.56 Å². The van der Waals surface area contributed by atoms with Gasteiger partial charge in [-0.25, -0.2) is 4.98 Å². The van der Waals surface area contributed by atoms with Gasteiger partial charge in [-0.2, -0.15) is 0 Å². The maximum atomic E-state index is 12.5. The summed E-state index contributed by atoms with van der Waals surface area (Å²) in [4.78, 5) is 32.5. The molecule has 1 fully saturated rings. The highest BCUT2D eigenvalue weighted by Gasteiger charge is 2.34. The summed E-state index contributed by atoms with van der Waals surface area (Å²) in [5.74, 6) is 0.691. The summed E-state index contributed by atoms with van der Waals surface area (Å²) in [6.07, 6.45) is 5.59. The van der Waals surface area contributed by atoms with Crippen LogP contribution in [0.15, 0.2) is 35.4 Å². The summed E-state index contributed by atoms with van der Waals surface area (Å²) in [6.45, 7) is 0.462. The van der Waals surface area contributed by atoms with E-state index in [2.05, 4.69) is 9.97 Å². The Morgan fingerprint density at radius 3 is 2.90 bits per heavy atom. The normalized spacial score (nSPS) is 14.2. The molecule has 0 aromatic carbocycles. The van der Waals surface area contributed by atoms with Gasteiger partial charge in [-0.15, -0.1) is 0 Å². The predicted octanol–water partition coefficient (Wildman–Crippen LogP) is 0.913. The van der Waals surface area contributed by atoms with Crippen molar-refractivity contribution in [1.82, 2.24) is 19.4 Å². The van der Waals surface area contributed by atoms with E-state index in [0.717, 1.165) is 18.7 Å². The van der Waals surface area contributed by atoms with Gasteiger partial charge in [-0.1, -0.05) is 6.07 Å². The van der Waals surface area contributed by atoms with Crippen molar-refractivity contribution in [1.29, 1.82) is 0 Å². The molecule has 1 aliphatic carbocycles. The quantitative estimate of drug-likeness (QED) is 0.899. The largest absolute Gasteiger partial charge is 0.337 e. The Balaban J connectivity index is 1.85. The number of aryl methyl sites for hydroxylation is 1. The van der Waals surface area contributed by atoms with Crippen molar-refractivity contribution in [2.45, 2.75) is 25.4 Å². The minimum absolute atomic E-state index is 0.145. The van der Waals surface area contributed by atoms with Crippen molar-refractivity contribution in [3.63, 3.8) is 0 Å². The summed E-state index contributed by atoms with van der Waals surface area (Å²) in [5, 5.41) is 0. The second-order valence-corrected chi connectivity index (χ2v) is 5.05. The van der Waals surface area contributed by atoms with Crippen LogP contribution in [0.25, 0.3) is 0 Å². The number of imidazole rings is 1. The molecule has 0 atom stereocenters. The molecular formula is C14H16N4O2. The maximum absolute atomic E-state index is 12.5. The molecule has 6 nitrogen and oxygen atoms in total. The fraction of sp³-hybridized carbons (Fsp3) is 0.357. The second-order valence-electron chi connectivity index (χ2n) is 5.05. The zero-order valence-corrected chi connectivity index (χ0v) is 11.2. The van der Waals surface area contributed by atoms with Gasteiger partial charge in [0.1, 0.15) is 11.5 Å². The number of carbonyl (C=O) groups is 1. The molecule has 3 rings (SSSR count). The molecule has 0 saturated heterocycles. The third-order valence-electron chi connectivity index (χ3n) is 3.48. The Kier molecular flexibility index (Phi) is 3.14. The van der Waals surface area contributed by atoms with Crippen LogP contribution in [-0.4, -0.2) is 31.4 Å². The van der Waals surface area contributed by atoms with E-state index in [9.17, 15) is 9.59 Å². The van der Waals surface area contributed by atoms with Crippen LogP contribution in [-0.2, 0) is 13.6 Å². The van der Waals surface area contributed by atoms with Crippen LogP contribution in [0.1, 0.15) is 29.2 Å². The number of pyridine rings is 1. The van der Waals surface area contributed by atoms with E-state index < -0.39 is 0 Å². The number of carbonyl (C=O) groups excluding carboxylic acids is 1. The molecule has 6 heteroatoms. The van der Waals surface area contributed by atoms with E-state index in [0.29, 0.717) is 12.2 Å². The van der Waals surface area contributed by atoms with Crippen molar-refractivity contribution in [2.75, 3.05) is 0 Å². The highest BCUT2D eigenvalue weighted by Crippen LogP contribution is 2.29. The highest BCUT2D eigenvalue weighted by molar-refractivity contribution is 5.92. The summed E-state index contributed by atoms with van der Waals surface area (Å²) < 4.78 is 1.90. The van der Waals surface area contributed by atoms with E-state index in [-0.39, 0.29) is 17.5 Å². The van der Waals surface area contributed by atoms with E-state index in [1.807, 2.05) is 17.8 Å². The summed E-state index contributed by atoms with van der Waals surface area (Å²) in [5.41, 5.74) is 0.0715. The Labute approximate surface area is 116 Å². The molecule has 1 amide bonds. The first-order chi connectivity index (χ1) is 9.65. The monoisotopic (exact) mass is 272 g/mol. The van der Waals surface area contributed by atoms with E-state index in [1.165, 1.54) is 6.07 Å². The minimum Gasteiger partial charge on any atom is -0.337 e. The van der Waals surface area contributed by atoms with Gasteiger partial charge in [0.15, 0.2) is 0 Å². The average molecular weight is 272 g/mol. The Morgan fingerprint density at radius 2 is 2.30 bits per heavy atom. The fourth-order valence-electron chi connectivity index (χ4n) is 2.18. The van der Waals surface area contributed by atoms with Gasteiger partial charge in [0, 0.05) is 31.5 Å². The van der Waals surface area contributed by atoms with E-state index >= 15 is 0 Å². The number of H-pyrrole nitrogens is 1. The lowest BCUT2D eigenvalue weighted by molar-refractivity contribution is 0.0717. The fourth-order valence-corrected chi connectivity index (χ4v) is 2.18. The van der Waals surface area contributed by atoms with Crippen LogP contribution >= 0.6 is 0 Å². The lowest BCUT2D eigenvalue weighted by Gasteiger charge is -2.21. The van der Waals surface area contributed by atoms with Crippen LogP contribution in [0.5, 0.6) is 0 Å². The van der Waals surface area contributed by atoms with Gasteiger partial charge in [0.05, 0.1) is 6.54 Å². The molecule has 2 heterocycles. The van der Waals surface area contributed by atoms with Gasteiger partial charge < -0.3 is 14.5 Å². The third kappa shape index (κ3) is 2.49. The van der Waals surface area contributed by atoms with Gasteiger partial charge in [0.25, 0.3) is 5.91 Å².